The summed E-state index contributed by atoms with van der Waals surface area (Å²) in [5, 5.41) is 0.975. The first-order valence-corrected chi connectivity index (χ1v) is 8.09. The van der Waals surface area contributed by atoms with Crippen molar-refractivity contribution in [2.45, 2.75) is 6.42 Å². The highest BCUT2D eigenvalue weighted by molar-refractivity contribution is 6.08. The van der Waals surface area contributed by atoms with Crippen molar-refractivity contribution < 1.29 is 14.4 Å². The Bertz CT molecular complexity index is 721. The number of carbonyl (C=O) groups is 3. The first kappa shape index (κ1) is 13.0. The highest BCUT2D eigenvalue weighted by Crippen LogP contribution is 2.65. The second kappa shape index (κ2) is 4.31. The van der Waals surface area contributed by atoms with E-state index >= 15 is 0 Å². The number of nitrogens with zero attached hydrogens (tertiary/aromatic N) is 1. The first-order chi connectivity index (χ1) is 11.2. The number of carbonyl (C=O) groups excluding carboxylic acids is 3. The first-order valence-electron chi connectivity index (χ1n) is 8.09. The smallest absolute Gasteiger partial charge is 0.270 e. The van der Waals surface area contributed by atoms with Crippen molar-refractivity contribution in [2.75, 3.05) is 0 Å². The number of hydrogen-bond acceptors (Lipinski definition) is 3. The summed E-state index contributed by atoms with van der Waals surface area (Å²) >= 11 is 0. The molecule has 23 heavy (non-hydrogen) atoms. The van der Waals surface area contributed by atoms with E-state index in [-0.39, 0.29) is 35.5 Å². The second-order valence-corrected chi connectivity index (χ2v) is 6.97. The third-order valence-electron chi connectivity index (χ3n) is 5.91. The molecule has 2 saturated carbocycles. The van der Waals surface area contributed by atoms with Gasteiger partial charge < -0.3 is 0 Å². The Labute approximate surface area is 133 Å². The lowest BCUT2D eigenvalue weighted by molar-refractivity contribution is -0.143. The van der Waals surface area contributed by atoms with E-state index < -0.39 is 5.91 Å². The molecule has 1 aliphatic heterocycles. The van der Waals surface area contributed by atoms with E-state index in [4.69, 9.17) is 0 Å². The molecule has 1 N–H and O–H groups in total. The van der Waals surface area contributed by atoms with Gasteiger partial charge >= 0.3 is 0 Å². The van der Waals surface area contributed by atoms with Crippen LogP contribution in [-0.4, -0.2) is 22.7 Å². The minimum absolute atomic E-state index is 0.171. The third-order valence-corrected chi connectivity index (χ3v) is 5.91. The lowest BCUT2D eigenvalue weighted by atomic mass is 9.63. The van der Waals surface area contributed by atoms with Gasteiger partial charge in [0.1, 0.15) is 0 Å². The Morgan fingerprint density at radius 3 is 2.09 bits per heavy atom. The van der Waals surface area contributed by atoms with Gasteiger partial charge in [-0.2, -0.15) is 5.01 Å². The van der Waals surface area contributed by atoms with Crippen molar-refractivity contribution in [2.24, 2.45) is 35.5 Å². The molecule has 5 heteroatoms. The van der Waals surface area contributed by atoms with Crippen LogP contribution in [0.2, 0.25) is 0 Å². The number of nitrogens with one attached hydrogen (secondary N) is 1. The topological polar surface area (TPSA) is 66.5 Å². The molecule has 6 rings (SSSR count). The molecule has 6 atom stereocenters. The Hall–Kier alpha value is -2.43. The van der Waals surface area contributed by atoms with E-state index in [1.807, 2.05) is 6.07 Å². The van der Waals surface area contributed by atoms with Crippen LogP contribution in [-0.2, 0) is 9.59 Å². The fraction of sp³-hybridized carbons (Fsp3) is 0.389. The fourth-order valence-corrected chi connectivity index (χ4v) is 4.82. The van der Waals surface area contributed by atoms with E-state index in [2.05, 4.69) is 17.6 Å². The molecule has 2 bridgehead atoms. The summed E-state index contributed by atoms with van der Waals surface area (Å²) in [4.78, 5) is 37.7. The van der Waals surface area contributed by atoms with E-state index in [0.717, 1.165) is 11.4 Å². The number of imide groups is 1. The van der Waals surface area contributed by atoms with Crippen LogP contribution in [0.15, 0.2) is 42.5 Å². The van der Waals surface area contributed by atoms with E-state index in [1.54, 1.807) is 24.3 Å². The van der Waals surface area contributed by atoms with Crippen molar-refractivity contribution in [3.8, 4) is 0 Å². The summed E-state index contributed by atoms with van der Waals surface area (Å²) in [5.74, 6) is 0.00438. The van der Waals surface area contributed by atoms with Crippen LogP contribution in [0.3, 0.4) is 0 Å². The van der Waals surface area contributed by atoms with Gasteiger partial charge in [0, 0.05) is 5.56 Å². The lowest BCUT2D eigenvalue weighted by Crippen LogP contribution is -2.46. The van der Waals surface area contributed by atoms with Gasteiger partial charge in [0.15, 0.2) is 0 Å². The standard InChI is InChI=1S/C18H16N2O3/c21-16(9-4-2-1-3-5-9)19-20-17(22)14-10-6-7-11(13-8-12(10)13)15(14)18(20)23/h1-7,10-15H,8H2,(H,19,21)/t10-,11-,12-,13-,14+,15+/m0/s1. The van der Waals surface area contributed by atoms with Crippen LogP contribution >= 0.6 is 0 Å². The quantitative estimate of drug-likeness (QED) is 0.663. The van der Waals surface area contributed by atoms with Gasteiger partial charge in [-0.05, 0) is 42.2 Å². The molecule has 3 fully saturated rings. The SMILES string of the molecule is O=C(NN1C(=O)[C@@H]2[C@H]3C=C[C@@H]([C@@H]4C[C@@H]34)[C@H]2C1=O)c1ccccc1. The fourth-order valence-electron chi connectivity index (χ4n) is 4.82. The Kier molecular flexibility index (Phi) is 2.45. The summed E-state index contributed by atoms with van der Waals surface area (Å²) in [6.45, 7) is 0. The molecule has 1 aromatic rings. The molecule has 1 heterocycles. The van der Waals surface area contributed by atoms with E-state index in [9.17, 15) is 14.4 Å². The molecule has 5 aliphatic rings. The van der Waals surface area contributed by atoms with Gasteiger partial charge in [0.25, 0.3) is 17.7 Å². The zero-order chi connectivity index (χ0) is 15.7. The monoisotopic (exact) mass is 308 g/mol. The van der Waals surface area contributed by atoms with Gasteiger partial charge in [-0.3, -0.25) is 19.8 Å². The molecular weight excluding hydrogens is 292 g/mol. The lowest BCUT2D eigenvalue weighted by Gasteiger charge is -2.37. The zero-order valence-corrected chi connectivity index (χ0v) is 12.4. The highest BCUT2D eigenvalue weighted by atomic mass is 16.2. The highest BCUT2D eigenvalue weighted by Gasteiger charge is 2.67. The molecule has 0 spiro atoms. The van der Waals surface area contributed by atoms with Gasteiger partial charge in [-0.1, -0.05) is 30.4 Å². The Morgan fingerprint density at radius 1 is 0.957 bits per heavy atom. The molecule has 116 valence electrons. The van der Waals surface area contributed by atoms with Crippen molar-refractivity contribution >= 4 is 17.7 Å². The summed E-state index contributed by atoms with van der Waals surface area (Å²) in [6.07, 6.45) is 5.37. The van der Waals surface area contributed by atoms with Crippen molar-refractivity contribution in [1.82, 2.24) is 10.4 Å². The molecule has 0 radical (unpaired) electrons. The van der Waals surface area contributed by atoms with Gasteiger partial charge in [-0.25, -0.2) is 0 Å². The van der Waals surface area contributed by atoms with Crippen LogP contribution in [0.1, 0.15) is 16.8 Å². The average Bonchev–Trinajstić information content (AvgIpc) is 3.37. The number of hydrazine groups is 1. The average molecular weight is 308 g/mol. The van der Waals surface area contributed by atoms with Crippen LogP contribution in [0, 0.1) is 35.5 Å². The maximum atomic E-state index is 12.7. The molecule has 0 aromatic heterocycles. The molecular formula is C18H16N2O3. The Morgan fingerprint density at radius 2 is 1.52 bits per heavy atom. The molecule has 1 aromatic carbocycles. The second-order valence-electron chi connectivity index (χ2n) is 6.97. The summed E-state index contributed by atoms with van der Waals surface area (Å²) < 4.78 is 0. The molecule has 5 nitrogen and oxygen atoms in total. The van der Waals surface area contributed by atoms with E-state index in [0.29, 0.717) is 17.4 Å². The van der Waals surface area contributed by atoms with Crippen LogP contribution in [0.4, 0.5) is 0 Å². The Balaban J connectivity index is 1.42. The summed E-state index contributed by atoms with van der Waals surface area (Å²) in [5.41, 5.74) is 2.95. The largest absolute Gasteiger partial charge is 0.272 e. The third kappa shape index (κ3) is 1.65. The number of amides is 3. The zero-order valence-electron chi connectivity index (χ0n) is 12.4. The number of rotatable bonds is 2. The van der Waals surface area contributed by atoms with Crippen molar-refractivity contribution in [1.29, 1.82) is 0 Å². The number of benzene rings is 1. The predicted octanol–water partition coefficient (Wildman–Crippen LogP) is 1.38. The maximum Gasteiger partial charge on any atom is 0.270 e. The summed E-state index contributed by atoms with van der Waals surface area (Å²) in [6, 6.07) is 8.63. The minimum atomic E-state index is -0.420. The summed E-state index contributed by atoms with van der Waals surface area (Å²) in [7, 11) is 0. The number of allylic oxidation sites excluding steroid dienone is 2. The van der Waals surface area contributed by atoms with Gasteiger partial charge in [0.2, 0.25) is 0 Å². The molecule has 4 aliphatic carbocycles. The minimum Gasteiger partial charge on any atom is -0.272 e. The predicted molar refractivity (Wildman–Crippen MR) is 80.5 cm³/mol. The van der Waals surface area contributed by atoms with E-state index in [1.165, 1.54) is 0 Å². The van der Waals surface area contributed by atoms with Crippen LogP contribution in [0.25, 0.3) is 0 Å². The molecule has 1 saturated heterocycles. The van der Waals surface area contributed by atoms with Crippen LogP contribution in [0.5, 0.6) is 0 Å². The van der Waals surface area contributed by atoms with Crippen LogP contribution < -0.4 is 5.43 Å². The molecule has 0 unspecified atom stereocenters. The van der Waals surface area contributed by atoms with Gasteiger partial charge in [0.05, 0.1) is 11.8 Å². The van der Waals surface area contributed by atoms with Crippen molar-refractivity contribution in [3.05, 3.63) is 48.0 Å². The normalized spacial score (nSPS) is 39.2. The number of hydrogen-bond donors (Lipinski definition) is 1. The van der Waals surface area contributed by atoms with Gasteiger partial charge in [-0.15, -0.1) is 0 Å². The molecule has 3 amide bonds. The van der Waals surface area contributed by atoms with Crippen molar-refractivity contribution in [3.63, 3.8) is 0 Å². The maximum absolute atomic E-state index is 12.7.